The fourth-order valence-corrected chi connectivity index (χ4v) is 2.35. The molecule has 0 aromatic carbocycles. The normalized spacial score (nSPS) is 11.4. The minimum absolute atomic E-state index is 0.127. The van der Waals surface area contributed by atoms with Crippen LogP contribution in [0.3, 0.4) is 0 Å². The lowest BCUT2D eigenvalue weighted by Gasteiger charge is -2.10. The highest BCUT2D eigenvalue weighted by molar-refractivity contribution is 7.99. The Labute approximate surface area is 121 Å². The third kappa shape index (κ3) is 3.43. The zero-order chi connectivity index (χ0) is 15.6. The predicted molar refractivity (Wildman–Crippen MR) is 70.5 cm³/mol. The molecule has 2 rings (SSSR count). The molecule has 0 aliphatic heterocycles. The topological polar surface area (TPSA) is 94.9 Å². The highest BCUT2D eigenvalue weighted by Gasteiger charge is 2.33. The Morgan fingerprint density at radius 2 is 1.90 bits per heavy atom. The summed E-state index contributed by atoms with van der Waals surface area (Å²) >= 11 is 0.751. The summed E-state index contributed by atoms with van der Waals surface area (Å²) in [5.74, 6) is -0.881. The third-order valence-electron chi connectivity index (χ3n) is 2.41. The van der Waals surface area contributed by atoms with E-state index in [0.29, 0.717) is 6.07 Å². The summed E-state index contributed by atoms with van der Waals surface area (Å²) in [5.41, 5.74) is 9.82. The van der Waals surface area contributed by atoms with Crippen molar-refractivity contribution < 1.29 is 18.0 Å². The lowest BCUT2D eigenvalue weighted by Crippen LogP contribution is -2.16. The number of primary amides is 1. The zero-order valence-corrected chi connectivity index (χ0v) is 11.2. The number of alkyl halides is 3. The quantitative estimate of drug-likeness (QED) is 0.906. The SMILES string of the molecule is NC(=O)c1ccc(C(F)(F)F)nc1Sc1ncccc1N. The first-order chi connectivity index (χ1) is 9.79. The summed E-state index contributed by atoms with van der Waals surface area (Å²) in [6.07, 6.45) is -3.20. The van der Waals surface area contributed by atoms with Gasteiger partial charge < -0.3 is 11.5 Å². The summed E-state index contributed by atoms with van der Waals surface area (Å²) in [7, 11) is 0. The van der Waals surface area contributed by atoms with Crippen LogP contribution < -0.4 is 11.5 Å². The molecule has 0 radical (unpaired) electrons. The zero-order valence-electron chi connectivity index (χ0n) is 10.4. The van der Waals surface area contributed by atoms with Crippen molar-refractivity contribution in [3.8, 4) is 0 Å². The molecule has 2 aromatic heterocycles. The minimum Gasteiger partial charge on any atom is -0.397 e. The number of nitrogens with two attached hydrogens (primary N) is 2. The Kier molecular flexibility index (Phi) is 4.03. The first-order valence-corrected chi connectivity index (χ1v) is 6.37. The van der Waals surface area contributed by atoms with Crippen LogP contribution in [0.15, 0.2) is 40.5 Å². The lowest BCUT2D eigenvalue weighted by molar-refractivity contribution is -0.141. The summed E-state index contributed by atoms with van der Waals surface area (Å²) in [6.45, 7) is 0. The first-order valence-electron chi connectivity index (χ1n) is 5.55. The summed E-state index contributed by atoms with van der Waals surface area (Å²) in [5, 5.41) is 0.0505. The number of nitrogens with zero attached hydrogens (tertiary/aromatic N) is 2. The van der Waals surface area contributed by atoms with Crippen LogP contribution in [0.5, 0.6) is 0 Å². The average molecular weight is 314 g/mol. The molecule has 4 N–H and O–H groups in total. The van der Waals surface area contributed by atoms with Crippen molar-refractivity contribution in [1.29, 1.82) is 0 Å². The van der Waals surface area contributed by atoms with Gasteiger partial charge in [-0.1, -0.05) is 0 Å². The van der Waals surface area contributed by atoms with Crippen LogP contribution in [0.25, 0.3) is 0 Å². The highest BCUT2D eigenvalue weighted by atomic mass is 32.2. The Bertz CT molecular complexity index is 690. The van der Waals surface area contributed by atoms with Gasteiger partial charge in [0, 0.05) is 6.20 Å². The van der Waals surface area contributed by atoms with Crippen LogP contribution in [0.4, 0.5) is 18.9 Å². The van der Waals surface area contributed by atoms with Gasteiger partial charge in [-0.25, -0.2) is 9.97 Å². The van der Waals surface area contributed by atoms with E-state index in [4.69, 9.17) is 11.5 Å². The van der Waals surface area contributed by atoms with Gasteiger partial charge in [0.05, 0.1) is 11.3 Å². The van der Waals surface area contributed by atoms with Crippen molar-refractivity contribution in [3.05, 3.63) is 41.7 Å². The Balaban J connectivity index is 2.49. The monoisotopic (exact) mass is 314 g/mol. The fraction of sp³-hybridized carbons (Fsp3) is 0.0833. The molecule has 0 atom stereocenters. The van der Waals surface area contributed by atoms with Gasteiger partial charge in [-0.3, -0.25) is 4.79 Å². The second-order valence-corrected chi connectivity index (χ2v) is 4.89. The second-order valence-electron chi connectivity index (χ2n) is 3.91. The summed E-state index contributed by atoms with van der Waals surface area (Å²) in [4.78, 5) is 18.7. The van der Waals surface area contributed by atoms with Crippen molar-refractivity contribution in [2.45, 2.75) is 16.2 Å². The number of pyridine rings is 2. The van der Waals surface area contributed by atoms with Gasteiger partial charge in [0.2, 0.25) is 0 Å². The predicted octanol–water partition coefficient (Wildman–Crippen LogP) is 2.33. The number of anilines is 1. The molecule has 0 saturated heterocycles. The molecule has 0 saturated carbocycles. The molecule has 2 heterocycles. The van der Waals surface area contributed by atoms with E-state index in [9.17, 15) is 18.0 Å². The molecule has 9 heteroatoms. The van der Waals surface area contributed by atoms with E-state index in [1.807, 2.05) is 0 Å². The van der Waals surface area contributed by atoms with Crippen LogP contribution in [-0.2, 0) is 6.18 Å². The van der Waals surface area contributed by atoms with E-state index in [1.165, 1.54) is 12.3 Å². The van der Waals surface area contributed by atoms with Crippen molar-refractivity contribution in [3.63, 3.8) is 0 Å². The van der Waals surface area contributed by atoms with Crippen LogP contribution in [0.2, 0.25) is 0 Å². The fourth-order valence-electron chi connectivity index (χ4n) is 1.44. The van der Waals surface area contributed by atoms with Crippen molar-refractivity contribution >= 4 is 23.4 Å². The van der Waals surface area contributed by atoms with Gasteiger partial charge in [-0.05, 0) is 36.0 Å². The number of aromatic nitrogens is 2. The molecule has 2 aromatic rings. The van der Waals surface area contributed by atoms with Crippen LogP contribution in [0.1, 0.15) is 16.1 Å². The molecule has 0 unspecified atom stereocenters. The molecule has 0 bridgehead atoms. The first kappa shape index (κ1) is 15.1. The number of carbonyl (C=O) groups excluding carboxylic acids is 1. The van der Waals surface area contributed by atoms with Gasteiger partial charge in [-0.2, -0.15) is 13.2 Å². The minimum atomic E-state index is -4.62. The van der Waals surface area contributed by atoms with Crippen LogP contribution in [0, 0.1) is 0 Å². The van der Waals surface area contributed by atoms with E-state index < -0.39 is 17.8 Å². The third-order valence-corrected chi connectivity index (χ3v) is 3.45. The molecule has 5 nitrogen and oxygen atoms in total. The van der Waals surface area contributed by atoms with Crippen molar-refractivity contribution in [2.75, 3.05) is 5.73 Å². The largest absolute Gasteiger partial charge is 0.433 e. The molecule has 0 fully saturated rings. The van der Waals surface area contributed by atoms with E-state index in [2.05, 4.69) is 9.97 Å². The molecule has 0 spiro atoms. The summed E-state index contributed by atoms with van der Waals surface area (Å²) in [6, 6.07) is 4.80. The molecule has 21 heavy (non-hydrogen) atoms. The van der Waals surface area contributed by atoms with Gasteiger partial charge in [-0.15, -0.1) is 0 Å². The Morgan fingerprint density at radius 3 is 2.48 bits per heavy atom. The number of hydrogen-bond donors (Lipinski definition) is 2. The molecule has 0 aliphatic carbocycles. The maximum atomic E-state index is 12.7. The van der Waals surface area contributed by atoms with E-state index in [-0.39, 0.29) is 21.3 Å². The second kappa shape index (κ2) is 5.60. The Hall–Kier alpha value is -2.29. The number of nitrogen functional groups attached to an aromatic ring is 1. The molecule has 0 aliphatic rings. The smallest absolute Gasteiger partial charge is 0.397 e. The molecule has 110 valence electrons. The standard InChI is InChI=1S/C12H9F3N4OS/c13-12(14,15)8-4-3-6(9(17)20)10(19-8)21-11-7(16)2-1-5-18-11/h1-5H,16H2,(H2,17,20). The molecular weight excluding hydrogens is 305 g/mol. The number of rotatable bonds is 3. The van der Waals surface area contributed by atoms with Crippen LogP contribution in [-0.4, -0.2) is 15.9 Å². The number of amides is 1. The van der Waals surface area contributed by atoms with Gasteiger partial charge in [0.25, 0.3) is 5.91 Å². The van der Waals surface area contributed by atoms with E-state index >= 15 is 0 Å². The van der Waals surface area contributed by atoms with Crippen LogP contribution >= 0.6 is 11.8 Å². The lowest BCUT2D eigenvalue weighted by atomic mass is 10.2. The van der Waals surface area contributed by atoms with E-state index in [0.717, 1.165) is 17.8 Å². The summed E-state index contributed by atoms with van der Waals surface area (Å²) < 4.78 is 38.1. The van der Waals surface area contributed by atoms with Gasteiger partial charge >= 0.3 is 6.18 Å². The maximum absolute atomic E-state index is 12.7. The van der Waals surface area contributed by atoms with Crippen molar-refractivity contribution in [1.82, 2.24) is 9.97 Å². The molecular formula is C12H9F3N4OS. The average Bonchev–Trinajstić information content (AvgIpc) is 2.40. The van der Waals surface area contributed by atoms with Crippen molar-refractivity contribution in [2.24, 2.45) is 5.73 Å². The van der Waals surface area contributed by atoms with E-state index in [1.54, 1.807) is 6.07 Å². The number of halogens is 3. The molecule has 1 amide bonds. The van der Waals surface area contributed by atoms with Gasteiger partial charge in [0.1, 0.15) is 15.7 Å². The maximum Gasteiger partial charge on any atom is 0.433 e. The highest BCUT2D eigenvalue weighted by Crippen LogP contribution is 2.34. The van der Waals surface area contributed by atoms with Gasteiger partial charge in [0.15, 0.2) is 0 Å². The number of carbonyl (C=O) groups is 1. The number of hydrogen-bond acceptors (Lipinski definition) is 5. The Morgan fingerprint density at radius 1 is 1.19 bits per heavy atom.